The maximum atomic E-state index is 12.7. The molecule has 0 atom stereocenters. The Morgan fingerprint density at radius 3 is 2.62 bits per heavy atom. The largest absolute Gasteiger partial charge is 0.447 e. The molecule has 0 aliphatic heterocycles. The zero-order valence-electron chi connectivity index (χ0n) is 13.0. The van der Waals surface area contributed by atoms with Crippen LogP contribution in [0.15, 0.2) is 21.6 Å². The summed E-state index contributed by atoms with van der Waals surface area (Å²) in [5, 5.41) is 3.29. The second kappa shape index (κ2) is 7.42. The Labute approximate surface area is 127 Å². The van der Waals surface area contributed by atoms with Gasteiger partial charge in [0, 0.05) is 12.6 Å². The average Bonchev–Trinajstić information content (AvgIpc) is 3.11. The van der Waals surface area contributed by atoms with Crippen LogP contribution in [0, 0.1) is 0 Å². The van der Waals surface area contributed by atoms with E-state index in [4.69, 9.17) is 4.42 Å². The van der Waals surface area contributed by atoms with E-state index in [1.54, 1.807) is 16.4 Å². The van der Waals surface area contributed by atoms with E-state index in [1.165, 1.54) is 0 Å². The van der Waals surface area contributed by atoms with Crippen LogP contribution in [0.2, 0.25) is 0 Å². The van der Waals surface area contributed by atoms with Crippen LogP contribution < -0.4 is 5.32 Å². The summed E-state index contributed by atoms with van der Waals surface area (Å²) in [6.07, 6.45) is 5.18. The average molecular weight is 314 g/mol. The van der Waals surface area contributed by atoms with Gasteiger partial charge in [-0.2, -0.15) is 4.31 Å². The fourth-order valence-corrected chi connectivity index (χ4v) is 4.54. The Hall–Kier alpha value is -0.850. The van der Waals surface area contributed by atoms with Gasteiger partial charge in [-0.1, -0.05) is 26.7 Å². The normalized spacial score (nSPS) is 16.9. The van der Waals surface area contributed by atoms with Gasteiger partial charge >= 0.3 is 0 Å². The van der Waals surface area contributed by atoms with Crippen molar-refractivity contribution in [3.63, 3.8) is 0 Å². The molecule has 0 radical (unpaired) electrons. The van der Waals surface area contributed by atoms with Crippen molar-refractivity contribution >= 4 is 10.0 Å². The van der Waals surface area contributed by atoms with Gasteiger partial charge in [-0.3, -0.25) is 0 Å². The Kier molecular flexibility index (Phi) is 5.84. The van der Waals surface area contributed by atoms with E-state index in [2.05, 4.69) is 12.2 Å². The summed E-state index contributed by atoms with van der Waals surface area (Å²) < 4.78 is 32.6. The minimum Gasteiger partial charge on any atom is -0.447 e. The first-order valence-corrected chi connectivity index (χ1v) is 9.34. The number of nitrogens with one attached hydrogen (secondary N) is 1. The molecule has 6 heteroatoms. The third kappa shape index (κ3) is 3.87. The van der Waals surface area contributed by atoms with Crippen molar-refractivity contribution in [3.8, 4) is 0 Å². The molecule has 1 aliphatic carbocycles. The number of sulfonamides is 1. The van der Waals surface area contributed by atoms with Gasteiger partial charge < -0.3 is 9.73 Å². The zero-order chi connectivity index (χ0) is 15.3. The molecule has 2 rings (SSSR count). The Morgan fingerprint density at radius 2 is 2.00 bits per heavy atom. The van der Waals surface area contributed by atoms with Gasteiger partial charge in [0.2, 0.25) is 5.09 Å². The molecule has 0 aromatic carbocycles. The maximum absolute atomic E-state index is 12.7. The Morgan fingerprint density at radius 1 is 1.29 bits per heavy atom. The van der Waals surface area contributed by atoms with Crippen molar-refractivity contribution in [2.45, 2.75) is 63.6 Å². The highest BCUT2D eigenvalue weighted by Gasteiger charge is 2.33. The van der Waals surface area contributed by atoms with Crippen molar-refractivity contribution in [3.05, 3.63) is 17.9 Å². The molecule has 0 spiro atoms. The van der Waals surface area contributed by atoms with Crippen LogP contribution in [0.3, 0.4) is 0 Å². The molecule has 1 heterocycles. The van der Waals surface area contributed by atoms with Crippen LogP contribution in [-0.2, 0) is 16.6 Å². The first-order chi connectivity index (χ1) is 10.1. The van der Waals surface area contributed by atoms with E-state index in [9.17, 15) is 8.42 Å². The SMILES string of the molecule is CCCNCc1ccc(S(=O)(=O)N(CC)C2CCCC2)o1. The van der Waals surface area contributed by atoms with Gasteiger partial charge in [0.05, 0.1) is 6.54 Å². The van der Waals surface area contributed by atoms with Gasteiger partial charge in [-0.25, -0.2) is 8.42 Å². The van der Waals surface area contributed by atoms with Gasteiger partial charge in [-0.15, -0.1) is 0 Å². The second-order valence-corrected chi connectivity index (χ2v) is 7.37. The number of furan rings is 1. The molecule has 5 nitrogen and oxygen atoms in total. The monoisotopic (exact) mass is 314 g/mol. The van der Waals surface area contributed by atoms with Crippen LogP contribution in [0.25, 0.3) is 0 Å². The Bertz CT molecular complexity index is 533. The number of hydrogen-bond acceptors (Lipinski definition) is 4. The smallest absolute Gasteiger partial charge is 0.276 e. The third-order valence-corrected chi connectivity index (χ3v) is 5.87. The van der Waals surface area contributed by atoms with Crippen molar-refractivity contribution in [2.75, 3.05) is 13.1 Å². The molecule has 1 saturated carbocycles. The molecule has 120 valence electrons. The molecule has 0 bridgehead atoms. The molecule has 1 N–H and O–H groups in total. The quantitative estimate of drug-likeness (QED) is 0.749. The number of hydrogen-bond donors (Lipinski definition) is 1. The van der Waals surface area contributed by atoms with Crippen LogP contribution in [-0.4, -0.2) is 31.9 Å². The maximum Gasteiger partial charge on any atom is 0.276 e. The van der Waals surface area contributed by atoms with E-state index in [-0.39, 0.29) is 11.1 Å². The molecule has 21 heavy (non-hydrogen) atoms. The highest BCUT2D eigenvalue weighted by molar-refractivity contribution is 7.89. The van der Waals surface area contributed by atoms with Crippen LogP contribution >= 0.6 is 0 Å². The molecule has 0 unspecified atom stereocenters. The summed E-state index contributed by atoms with van der Waals surface area (Å²) in [6.45, 7) is 5.94. The predicted octanol–water partition coefficient (Wildman–Crippen LogP) is 2.73. The van der Waals surface area contributed by atoms with Gasteiger partial charge in [-0.05, 0) is 37.9 Å². The minimum atomic E-state index is -3.51. The van der Waals surface area contributed by atoms with Crippen LogP contribution in [0.5, 0.6) is 0 Å². The highest BCUT2D eigenvalue weighted by atomic mass is 32.2. The minimum absolute atomic E-state index is 0.0737. The Balaban J connectivity index is 2.10. The molecular weight excluding hydrogens is 288 g/mol. The summed E-state index contributed by atoms with van der Waals surface area (Å²) in [5.74, 6) is 0.671. The predicted molar refractivity (Wildman–Crippen MR) is 82.5 cm³/mol. The summed E-state index contributed by atoms with van der Waals surface area (Å²) in [4.78, 5) is 0. The standard InChI is InChI=1S/C15H26N2O3S/c1-3-11-16-12-14-9-10-15(20-14)21(18,19)17(4-2)13-7-5-6-8-13/h9-10,13,16H,3-8,11-12H2,1-2H3. The number of rotatable bonds is 8. The fraction of sp³-hybridized carbons (Fsp3) is 0.733. The molecule has 1 fully saturated rings. The zero-order valence-corrected chi connectivity index (χ0v) is 13.8. The molecule has 1 aromatic rings. The fourth-order valence-electron chi connectivity index (χ4n) is 2.91. The first kappa shape index (κ1) is 16.5. The number of nitrogens with zero attached hydrogens (tertiary/aromatic N) is 1. The lowest BCUT2D eigenvalue weighted by Gasteiger charge is -2.25. The van der Waals surface area contributed by atoms with E-state index in [0.717, 1.165) is 38.6 Å². The van der Waals surface area contributed by atoms with Gasteiger partial charge in [0.1, 0.15) is 5.76 Å². The lowest BCUT2D eigenvalue weighted by atomic mass is 10.2. The van der Waals surface area contributed by atoms with Gasteiger partial charge in [0.15, 0.2) is 0 Å². The lowest BCUT2D eigenvalue weighted by Crippen LogP contribution is -2.38. The van der Waals surface area contributed by atoms with Crippen LogP contribution in [0.1, 0.15) is 51.7 Å². The van der Waals surface area contributed by atoms with Crippen LogP contribution in [0.4, 0.5) is 0 Å². The molecule has 0 saturated heterocycles. The molecule has 0 amide bonds. The van der Waals surface area contributed by atoms with Crippen molar-refractivity contribution < 1.29 is 12.8 Å². The summed E-state index contributed by atoms with van der Waals surface area (Å²) in [5.41, 5.74) is 0. The van der Waals surface area contributed by atoms with Crippen molar-refractivity contribution in [1.82, 2.24) is 9.62 Å². The molecule has 1 aromatic heterocycles. The van der Waals surface area contributed by atoms with E-state index in [0.29, 0.717) is 18.8 Å². The van der Waals surface area contributed by atoms with Gasteiger partial charge in [0.25, 0.3) is 10.0 Å². The molecule has 1 aliphatic rings. The van der Waals surface area contributed by atoms with Crippen molar-refractivity contribution in [2.24, 2.45) is 0 Å². The third-order valence-electron chi connectivity index (χ3n) is 3.97. The lowest BCUT2D eigenvalue weighted by molar-refractivity contribution is 0.316. The topological polar surface area (TPSA) is 62.6 Å². The summed E-state index contributed by atoms with van der Waals surface area (Å²) in [7, 11) is -3.51. The first-order valence-electron chi connectivity index (χ1n) is 7.90. The van der Waals surface area contributed by atoms with Crippen molar-refractivity contribution in [1.29, 1.82) is 0 Å². The van der Waals surface area contributed by atoms with E-state index < -0.39 is 10.0 Å². The highest BCUT2D eigenvalue weighted by Crippen LogP contribution is 2.29. The van der Waals surface area contributed by atoms with E-state index in [1.807, 2.05) is 6.92 Å². The summed E-state index contributed by atoms with van der Waals surface area (Å²) >= 11 is 0. The van der Waals surface area contributed by atoms with E-state index >= 15 is 0 Å². The second-order valence-electron chi connectivity index (χ2n) is 5.54. The molecular formula is C15H26N2O3S. The summed E-state index contributed by atoms with van der Waals surface area (Å²) in [6, 6.07) is 3.46.